The van der Waals surface area contributed by atoms with Gasteiger partial charge in [-0.05, 0) is 53.6 Å². The Hall–Kier alpha value is -2.21. The number of tetrazole rings is 1. The third kappa shape index (κ3) is 3.17. The molecule has 2 aromatic carbocycles. The molecule has 0 fully saturated rings. The van der Waals surface area contributed by atoms with Crippen molar-refractivity contribution in [1.82, 2.24) is 20.2 Å². The fraction of sp³-hybridized carbons (Fsp3) is 0.188. The van der Waals surface area contributed by atoms with Crippen molar-refractivity contribution in [2.75, 3.05) is 0 Å². The van der Waals surface area contributed by atoms with Gasteiger partial charge in [0.15, 0.2) is 0 Å². The molecule has 0 atom stereocenters. The number of benzene rings is 2. The van der Waals surface area contributed by atoms with Crippen LogP contribution in [0.4, 0.5) is 4.39 Å². The molecule has 6 heteroatoms. The molecule has 1 heterocycles. The van der Waals surface area contributed by atoms with Crippen LogP contribution >= 0.6 is 11.8 Å². The summed E-state index contributed by atoms with van der Waals surface area (Å²) in [5, 5.41) is 12.6. The molecule has 1 aromatic heterocycles. The molecule has 0 unspecified atom stereocenters. The van der Waals surface area contributed by atoms with E-state index in [9.17, 15) is 4.39 Å². The quantitative estimate of drug-likeness (QED) is 0.689. The molecule has 112 valence electrons. The van der Waals surface area contributed by atoms with E-state index in [1.807, 2.05) is 25.1 Å². The monoisotopic (exact) mass is 314 g/mol. The summed E-state index contributed by atoms with van der Waals surface area (Å²) < 4.78 is 14.9. The Morgan fingerprint density at radius 2 is 2.00 bits per heavy atom. The van der Waals surface area contributed by atoms with Crippen molar-refractivity contribution in [3.63, 3.8) is 0 Å². The van der Waals surface area contributed by atoms with Gasteiger partial charge >= 0.3 is 0 Å². The van der Waals surface area contributed by atoms with Crippen LogP contribution in [-0.4, -0.2) is 20.2 Å². The number of aromatic nitrogens is 4. The van der Waals surface area contributed by atoms with Gasteiger partial charge in [-0.25, -0.2) is 4.39 Å². The minimum atomic E-state index is -0.230. The van der Waals surface area contributed by atoms with Crippen LogP contribution in [0.25, 0.3) is 5.69 Å². The first-order chi connectivity index (χ1) is 10.6. The molecule has 4 nitrogen and oxygen atoms in total. The van der Waals surface area contributed by atoms with Crippen LogP contribution in [0.15, 0.2) is 47.6 Å². The van der Waals surface area contributed by atoms with Gasteiger partial charge in [-0.1, -0.05) is 41.6 Å². The fourth-order valence-electron chi connectivity index (χ4n) is 2.24. The van der Waals surface area contributed by atoms with Gasteiger partial charge in [0.1, 0.15) is 5.82 Å². The van der Waals surface area contributed by atoms with Crippen LogP contribution in [0.5, 0.6) is 0 Å². The third-order valence-electron chi connectivity index (χ3n) is 3.28. The number of nitrogens with zero attached hydrogens (tertiary/aromatic N) is 4. The van der Waals surface area contributed by atoms with Crippen LogP contribution in [0.1, 0.15) is 16.7 Å². The minimum Gasteiger partial charge on any atom is -0.207 e. The van der Waals surface area contributed by atoms with Gasteiger partial charge in [-0.2, -0.15) is 4.68 Å². The summed E-state index contributed by atoms with van der Waals surface area (Å²) in [4.78, 5) is 0. The number of aryl methyl sites for hydroxylation is 2. The molecule has 0 amide bonds. The van der Waals surface area contributed by atoms with E-state index in [4.69, 9.17) is 0 Å². The Labute approximate surface area is 132 Å². The lowest BCUT2D eigenvalue weighted by Crippen LogP contribution is -2.01. The lowest BCUT2D eigenvalue weighted by Gasteiger charge is -2.08. The molecule has 0 aliphatic heterocycles. The maximum Gasteiger partial charge on any atom is 0.214 e. The second kappa shape index (κ2) is 6.27. The maximum atomic E-state index is 13.2. The van der Waals surface area contributed by atoms with Crippen molar-refractivity contribution >= 4 is 11.8 Å². The first-order valence-electron chi connectivity index (χ1n) is 6.87. The predicted molar refractivity (Wildman–Crippen MR) is 84.6 cm³/mol. The summed E-state index contributed by atoms with van der Waals surface area (Å²) in [7, 11) is 0. The summed E-state index contributed by atoms with van der Waals surface area (Å²) in [5.41, 5.74) is 4.17. The highest BCUT2D eigenvalue weighted by Gasteiger charge is 2.11. The standard InChI is InChI=1S/C16H15FN4S/c1-11-6-7-15(12(2)8-11)21-16(18-19-20-21)22-10-13-4-3-5-14(17)9-13/h3-9H,10H2,1-2H3. The Kier molecular flexibility index (Phi) is 4.20. The fourth-order valence-corrected chi connectivity index (χ4v) is 3.06. The van der Waals surface area contributed by atoms with Gasteiger partial charge in [-0.3, -0.25) is 0 Å². The molecule has 0 aliphatic rings. The lowest BCUT2D eigenvalue weighted by molar-refractivity contribution is 0.626. The average Bonchev–Trinajstić information content (AvgIpc) is 2.93. The van der Waals surface area contributed by atoms with Crippen molar-refractivity contribution in [3.8, 4) is 5.69 Å². The van der Waals surface area contributed by atoms with E-state index in [1.54, 1.807) is 10.7 Å². The summed E-state index contributed by atoms with van der Waals surface area (Å²) in [5.74, 6) is 0.385. The number of hydrogen-bond donors (Lipinski definition) is 0. The molecule has 3 rings (SSSR count). The molecule has 0 aliphatic carbocycles. The third-order valence-corrected chi connectivity index (χ3v) is 4.27. The van der Waals surface area contributed by atoms with E-state index in [0.717, 1.165) is 16.8 Å². The van der Waals surface area contributed by atoms with Gasteiger partial charge in [0, 0.05) is 5.75 Å². The Bertz CT molecular complexity index is 800. The van der Waals surface area contributed by atoms with E-state index in [-0.39, 0.29) is 5.82 Å². The van der Waals surface area contributed by atoms with Crippen molar-refractivity contribution < 1.29 is 4.39 Å². The van der Waals surface area contributed by atoms with Crippen LogP contribution in [0.3, 0.4) is 0 Å². The summed E-state index contributed by atoms with van der Waals surface area (Å²) in [6, 6.07) is 12.7. The molecule has 22 heavy (non-hydrogen) atoms. The van der Waals surface area contributed by atoms with Crippen LogP contribution in [0.2, 0.25) is 0 Å². The SMILES string of the molecule is Cc1ccc(-n2nnnc2SCc2cccc(F)c2)c(C)c1. The molecule has 0 bridgehead atoms. The zero-order valence-electron chi connectivity index (χ0n) is 12.3. The molecule has 0 saturated heterocycles. The van der Waals surface area contributed by atoms with E-state index in [1.165, 1.54) is 29.5 Å². The molecule has 0 spiro atoms. The van der Waals surface area contributed by atoms with Crippen molar-refractivity contribution in [3.05, 3.63) is 65.0 Å². The zero-order chi connectivity index (χ0) is 15.5. The Morgan fingerprint density at radius 3 is 2.77 bits per heavy atom. The minimum absolute atomic E-state index is 0.230. The molecular formula is C16H15FN4S. The number of hydrogen-bond acceptors (Lipinski definition) is 4. The average molecular weight is 314 g/mol. The maximum absolute atomic E-state index is 13.2. The first kappa shape index (κ1) is 14.7. The van der Waals surface area contributed by atoms with Gasteiger partial charge in [0.2, 0.25) is 5.16 Å². The van der Waals surface area contributed by atoms with E-state index >= 15 is 0 Å². The lowest BCUT2D eigenvalue weighted by atomic mass is 10.1. The summed E-state index contributed by atoms with van der Waals surface area (Å²) >= 11 is 1.48. The first-order valence-corrected chi connectivity index (χ1v) is 7.85. The smallest absolute Gasteiger partial charge is 0.207 e. The highest BCUT2D eigenvalue weighted by Crippen LogP contribution is 2.24. The number of rotatable bonds is 4. The van der Waals surface area contributed by atoms with E-state index < -0.39 is 0 Å². The topological polar surface area (TPSA) is 43.6 Å². The molecule has 0 N–H and O–H groups in total. The Balaban J connectivity index is 1.83. The van der Waals surface area contributed by atoms with Gasteiger partial charge < -0.3 is 0 Å². The van der Waals surface area contributed by atoms with Gasteiger partial charge in [0.25, 0.3) is 0 Å². The Morgan fingerprint density at radius 1 is 1.14 bits per heavy atom. The molecule has 0 saturated carbocycles. The van der Waals surface area contributed by atoms with Gasteiger partial charge in [-0.15, -0.1) is 5.10 Å². The highest BCUT2D eigenvalue weighted by atomic mass is 32.2. The largest absolute Gasteiger partial charge is 0.214 e. The predicted octanol–water partition coefficient (Wildman–Crippen LogP) is 3.71. The molecule has 0 radical (unpaired) electrons. The second-order valence-corrected chi connectivity index (χ2v) is 6.02. The van der Waals surface area contributed by atoms with E-state index in [0.29, 0.717) is 10.9 Å². The van der Waals surface area contributed by atoms with Crippen LogP contribution in [0, 0.1) is 19.7 Å². The van der Waals surface area contributed by atoms with E-state index in [2.05, 4.69) is 28.5 Å². The molecule has 3 aromatic rings. The van der Waals surface area contributed by atoms with Crippen LogP contribution in [-0.2, 0) is 5.75 Å². The van der Waals surface area contributed by atoms with Gasteiger partial charge in [0.05, 0.1) is 5.69 Å². The summed E-state index contributed by atoms with van der Waals surface area (Å²) in [6.07, 6.45) is 0. The second-order valence-electron chi connectivity index (χ2n) is 5.08. The normalized spacial score (nSPS) is 10.9. The number of halogens is 1. The molecular weight excluding hydrogens is 299 g/mol. The zero-order valence-corrected chi connectivity index (χ0v) is 13.1. The summed E-state index contributed by atoms with van der Waals surface area (Å²) in [6.45, 7) is 4.08. The van der Waals surface area contributed by atoms with Crippen molar-refractivity contribution in [1.29, 1.82) is 0 Å². The van der Waals surface area contributed by atoms with Crippen LogP contribution < -0.4 is 0 Å². The highest BCUT2D eigenvalue weighted by molar-refractivity contribution is 7.98. The van der Waals surface area contributed by atoms with Crippen molar-refractivity contribution in [2.45, 2.75) is 24.8 Å². The van der Waals surface area contributed by atoms with Crippen molar-refractivity contribution in [2.24, 2.45) is 0 Å². The number of thioether (sulfide) groups is 1.